The molecule has 0 aliphatic rings. The van der Waals surface area contributed by atoms with Crippen molar-refractivity contribution in [2.45, 2.75) is 19.7 Å². The van der Waals surface area contributed by atoms with E-state index in [4.69, 9.17) is 0 Å². The Morgan fingerprint density at radius 1 is 1.08 bits per heavy atom. The number of rotatable bonds is 3. The number of halogens is 5. The molecule has 0 N–H and O–H groups in total. The van der Waals surface area contributed by atoms with Crippen LogP contribution in [-0.2, 0) is 0 Å². The van der Waals surface area contributed by atoms with Gasteiger partial charge in [-0.2, -0.15) is 9.61 Å². The van der Waals surface area contributed by atoms with Gasteiger partial charge >= 0.3 is 6.36 Å². The average molecular weight is 344 g/mol. The van der Waals surface area contributed by atoms with Crippen LogP contribution >= 0.6 is 0 Å². The number of ether oxygens (including phenoxy) is 1. The van der Waals surface area contributed by atoms with Crippen molar-refractivity contribution < 1.29 is 26.7 Å². The average Bonchev–Trinajstić information content (AvgIpc) is 2.88. The van der Waals surface area contributed by atoms with E-state index in [0.29, 0.717) is 16.8 Å². The van der Waals surface area contributed by atoms with Crippen LogP contribution in [0.25, 0.3) is 16.9 Å². The maximum atomic E-state index is 12.9. The molecule has 5 nitrogen and oxygen atoms in total. The van der Waals surface area contributed by atoms with Crippen LogP contribution in [-0.4, -0.2) is 26.2 Å². The van der Waals surface area contributed by atoms with E-state index in [1.54, 1.807) is 6.92 Å². The number of nitrogens with zero attached hydrogens (tertiary/aromatic N) is 4. The summed E-state index contributed by atoms with van der Waals surface area (Å²) in [4.78, 5) is 0. The van der Waals surface area contributed by atoms with Crippen LogP contribution in [0.2, 0.25) is 0 Å². The Morgan fingerprint density at radius 3 is 2.46 bits per heavy atom. The highest BCUT2D eigenvalue weighted by Gasteiger charge is 2.31. The molecule has 10 heteroatoms. The molecule has 3 rings (SSSR count). The first kappa shape index (κ1) is 16.1. The molecule has 0 bridgehead atoms. The topological polar surface area (TPSA) is 52.3 Å². The van der Waals surface area contributed by atoms with E-state index in [-0.39, 0.29) is 11.4 Å². The Labute approximate surface area is 131 Å². The van der Waals surface area contributed by atoms with Crippen LogP contribution in [0.15, 0.2) is 30.3 Å². The van der Waals surface area contributed by atoms with Gasteiger partial charge in [0.2, 0.25) is 5.82 Å². The molecule has 1 aromatic carbocycles. The van der Waals surface area contributed by atoms with Crippen molar-refractivity contribution in [3.63, 3.8) is 0 Å². The molecular weight excluding hydrogens is 335 g/mol. The van der Waals surface area contributed by atoms with Crippen molar-refractivity contribution in [1.29, 1.82) is 0 Å². The Hall–Kier alpha value is -2.78. The first-order chi connectivity index (χ1) is 11.2. The summed E-state index contributed by atoms with van der Waals surface area (Å²) in [5, 5.41) is 11.0. The minimum atomic E-state index is -4.79. The Bertz CT molecular complexity index is 890. The van der Waals surface area contributed by atoms with Gasteiger partial charge in [-0.15, -0.1) is 23.4 Å². The van der Waals surface area contributed by atoms with Crippen molar-refractivity contribution in [3.05, 3.63) is 41.7 Å². The van der Waals surface area contributed by atoms with Gasteiger partial charge in [0.25, 0.3) is 6.43 Å². The molecule has 24 heavy (non-hydrogen) atoms. The lowest BCUT2D eigenvalue weighted by Gasteiger charge is -2.11. The molecule has 0 fully saturated rings. The van der Waals surface area contributed by atoms with E-state index in [1.807, 2.05) is 0 Å². The molecular formula is C14H9F5N4O. The highest BCUT2D eigenvalue weighted by atomic mass is 19.4. The van der Waals surface area contributed by atoms with Crippen LogP contribution in [0.1, 0.15) is 17.8 Å². The quantitative estimate of drug-likeness (QED) is 0.676. The second-order valence-electron chi connectivity index (χ2n) is 4.87. The normalized spacial score (nSPS) is 12.1. The molecule has 3 aromatic rings. The third-order valence-electron chi connectivity index (χ3n) is 3.19. The largest absolute Gasteiger partial charge is 0.573 e. The molecule has 0 amide bonds. The molecule has 0 aliphatic carbocycles. The number of alkyl halides is 5. The van der Waals surface area contributed by atoms with E-state index in [0.717, 1.165) is 10.6 Å². The molecule has 0 spiro atoms. The molecule has 0 atom stereocenters. The van der Waals surface area contributed by atoms with Crippen molar-refractivity contribution in [2.24, 2.45) is 0 Å². The van der Waals surface area contributed by atoms with Gasteiger partial charge in [-0.1, -0.05) is 0 Å². The molecule has 0 saturated carbocycles. The van der Waals surface area contributed by atoms with E-state index < -0.39 is 18.6 Å². The SMILES string of the molecule is Cc1cc(OC(F)(F)F)ccc1-c1ccc2nnc(C(F)F)n2n1. The van der Waals surface area contributed by atoms with Crippen LogP contribution in [0.5, 0.6) is 5.75 Å². The van der Waals surface area contributed by atoms with Gasteiger partial charge in [0.15, 0.2) is 5.65 Å². The van der Waals surface area contributed by atoms with Gasteiger partial charge in [-0.25, -0.2) is 8.78 Å². The van der Waals surface area contributed by atoms with Gasteiger partial charge in [0.1, 0.15) is 5.75 Å². The third-order valence-corrected chi connectivity index (χ3v) is 3.19. The van der Waals surface area contributed by atoms with Gasteiger partial charge in [0, 0.05) is 5.56 Å². The molecule has 0 aliphatic heterocycles. The Kier molecular flexibility index (Phi) is 3.82. The van der Waals surface area contributed by atoms with Crippen LogP contribution in [0.4, 0.5) is 22.0 Å². The fourth-order valence-corrected chi connectivity index (χ4v) is 2.21. The monoisotopic (exact) mass is 344 g/mol. The van der Waals surface area contributed by atoms with Crippen LogP contribution < -0.4 is 4.74 Å². The third kappa shape index (κ3) is 3.12. The minimum Gasteiger partial charge on any atom is -0.406 e. The summed E-state index contributed by atoms with van der Waals surface area (Å²) in [6, 6.07) is 6.65. The predicted molar refractivity (Wildman–Crippen MR) is 72.6 cm³/mol. The number of aryl methyl sites for hydroxylation is 1. The summed E-state index contributed by atoms with van der Waals surface area (Å²) in [5.74, 6) is -0.982. The summed E-state index contributed by atoms with van der Waals surface area (Å²) < 4.78 is 67.2. The van der Waals surface area contributed by atoms with Gasteiger partial charge in [-0.3, -0.25) is 0 Å². The highest BCUT2D eigenvalue weighted by Crippen LogP contribution is 2.29. The fraction of sp³-hybridized carbons (Fsp3) is 0.214. The molecule has 0 radical (unpaired) electrons. The van der Waals surface area contributed by atoms with Gasteiger partial charge in [0.05, 0.1) is 5.69 Å². The lowest BCUT2D eigenvalue weighted by atomic mass is 10.1. The molecule has 2 heterocycles. The van der Waals surface area contributed by atoms with Crippen LogP contribution in [0.3, 0.4) is 0 Å². The zero-order valence-corrected chi connectivity index (χ0v) is 12.1. The number of hydrogen-bond donors (Lipinski definition) is 0. The second-order valence-corrected chi connectivity index (χ2v) is 4.87. The number of aromatic nitrogens is 4. The smallest absolute Gasteiger partial charge is 0.406 e. The first-order valence-electron chi connectivity index (χ1n) is 6.62. The zero-order chi connectivity index (χ0) is 17.5. The predicted octanol–water partition coefficient (Wildman–Crippen LogP) is 3.94. The second kappa shape index (κ2) is 5.69. The minimum absolute atomic E-state index is 0.142. The van der Waals surface area contributed by atoms with Crippen molar-refractivity contribution in [3.8, 4) is 17.0 Å². The fourth-order valence-electron chi connectivity index (χ4n) is 2.21. The number of benzene rings is 1. The number of hydrogen-bond acceptors (Lipinski definition) is 4. The molecule has 126 valence electrons. The summed E-state index contributed by atoms with van der Waals surface area (Å²) in [6.45, 7) is 1.56. The molecule has 0 unspecified atom stereocenters. The summed E-state index contributed by atoms with van der Waals surface area (Å²) in [5.41, 5.74) is 1.35. The Balaban J connectivity index is 2.02. The maximum Gasteiger partial charge on any atom is 0.573 e. The zero-order valence-electron chi connectivity index (χ0n) is 12.1. The molecule has 0 saturated heterocycles. The number of fused-ring (bicyclic) bond motifs is 1. The maximum absolute atomic E-state index is 12.9. The van der Waals surface area contributed by atoms with Crippen molar-refractivity contribution in [1.82, 2.24) is 19.8 Å². The highest BCUT2D eigenvalue weighted by molar-refractivity contribution is 5.65. The lowest BCUT2D eigenvalue weighted by molar-refractivity contribution is -0.274. The lowest BCUT2D eigenvalue weighted by Crippen LogP contribution is -2.17. The van der Waals surface area contributed by atoms with E-state index >= 15 is 0 Å². The molecule has 2 aromatic heterocycles. The van der Waals surface area contributed by atoms with Crippen LogP contribution in [0, 0.1) is 6.92 Å². The summed E-state index contributed by atoms with van der Waals surface area (Å²) in [6.07, 6.45) is -7.65. The van der Waals surface area contributed by atoms with Crippen molar-refractivity contribution >= 4 is 5.65 Å². The first-order valence-corrected chi connectivity index (χ1v) is 6.62. The van der Waals surface area contributed by atoms with E-state index in [2.05, 4.69) is 20.0 Å². The van der Waals surface area contributed by atoms with Crippen molar-refractivity contribution in [2.75, 3.05) is 0 Å². The van der Waals surface area contributed by atoms with Gasteiger partial charge in [-0.05, 0) is 42.8 Å². The summed E-state index contributed by atoms with van der Waals surface area (Å²) >= 11 is 0. The van der Waals surface area contributed by atoms with E-state index in [9.17, 15) is 22.0 Å². The standard InChI is InChI=1S/C14H9F5N4O/c1-7-6-8(24-14(17,18)19)2-3-9(7)10-4-5-11-20-21-13(12(15)16)23(11)22-10/h2-6,12H,1H3. The van der Waals surface area contributed by atoms with Gasteiger partial charge < -0.3 is 4.74 Å². The summed E-state index contributed by atoms with van der Waals surface area (Å²) in [7, 11) is 0. The Morgan fingerprint density at radius 2 is 1.83 bits per heavy atom. The van der Waals surface area contributed by atoms with E-state index in [1.165, 1.54) is 24.3 Å².